The fourth-order valence-corrected chi connectivity index (χ4v) is 2.61. The van der Waals surface area contributed by atoms with Gasteiger partial charge in [0.2, 0.25) is 0 Å². The zero-order valence-corrected chi connectivity index (χ0v) is 11.7. The molecule has 1 nitrogen and oxygen atoms in total. The zero-order valence-electron chi connectivity index (χ0n) is 10.1. The standard InChI is InChI=1S/C15H17BrO/c1-11-5-7-13(8-6-11)15(17)10-12-3-2-4-14(16)9-12/h2-4,7,9,11H,5-6,8,10H2,1H3. The SMILES string of the molecule is CC1CC=C(C(=O)Cc2cccc(Br)c2)CC1. The van der Waals surface area contributed by atoms with E-state index in [-0.39, 0.29) is 5.78 Å². The van der Waals surface area contributed by atoms with Gasteiger partial charge in [0.05, 0.1) is 0 Å². The molecule has 0 N–H and O–H groups in total. The molecule has 90 valence electrons. The second kappa shape index (κ2) is 5.63. The molecule has 0 bridgehead atoms. The van der Waals surface area contributed by atoms with Crippen LogP contribution in [0.3, 0.4) is 0 Å². The second-order valence-electron chi connectivity index (χ2n) is 4.84. The summed E-state index contributed by atoms with van der Waals surface area (Å²) in [6.07, 6.45) is 5.82. The van der Waals surface area contributed by atoms with Crippen LogP contribution in [0.1, 0.15) is 31.7 Å². The van der Waals surface area contributed by atoms with E-state index in [2.05, 4.69) is 28.9 Å². The lowest BCUT2D eigenvalue weighted by molar-refractivity contribution is -0.115. The lowest BCUT2D eigenvalue weighted by atomic mass is 9.88. The minimum atomic E-state index is 0.287. The average Bonchev–Trinajstić information content (AvgIpc) is 2.29. The van der Waals surface area contributed by atoms with Gasteiger partial charge in [-0.15, -0.1) is 0 Å². The molecule has 1 aromatic rings. The molecule has 0 fully saturated rings. The van der Waals surface area contributed by atoms with E-state index in [4.69, 9.17) is 0 Å². The minimum Gasteiger partial charge on any atom is -0.294 e. The molecule has 1 aliphatic carbocycles. The van der Waals surface area contributed by atoms with Crippen molar-refractivity contribution in [1.82, 2.24) is 0 Å². The van der Waals surface area contributed by atoms with Gasteiger partial charge in [-0.3, -0.25) is 4.79 Å². The number of carbonyl (C=O) groups is 1. The van der Waals surface area contributed by atoms with Crippen molar-refractivity contribution >= 4 is 21.7 Å². The summed E-state index contributed by atoms with van der Waals surface area (Å²) < 4.78 is 1.04. The van der Waals surface area contributed by atoms with Crippen LogP contribution in [0.2, 0.25) is 0 Å². The van der Waals surface area contributed by atoms with Gasteiger partial charge in [-0.1, -0.05) is 41.1 Å². The van der Waals surface area contributed by atoms with Gasteiger partial charge in [-0.05, 0) is 48.4 Å². The number of carbonyl (C=O) groups excluding carboxylic acids is 1. The van der Waals surface area contributed by atoms with Crippen molar-refractivity contribution in [2.24, 2.45) is 5.92 Å². The number of hydrogen-bond acceptors (Lipinski definition) is 1. The normalized spacial score (nSPS) is 19.9. The van der Waals surface area contributed by atoms with Crippen molar-refractivity contribution < 1.29 is 4.79 Å². The molecule has 2 heteroatoms. The highest BCUT2D eigenvalue weighted by molar-refractivity contribution is 9.10. The third kappa shape index (κ3) is 3.53. The van der Waals surface area contributed by atoms with E-state index in [9.17, 15) is 4.79 Å². The summed E-state index contributed by atoms with van der Waals surface area (Å²) >= 11 is 3.43. The Morgan fingerprint density at radius 3 is 2.94 bits per heavy atom. The number of Topliss-reactive ketones (excluding diaryl/α,β-unsaturated/α-hetero) is 1. The smallest absolute Gasteiger partial charge is 0.162 e. The summed E-state index contributed by atoms with van der Waals surface area (Å²) in [7, 11) is 0. The molecule has 1 atom stereocenters. The number of benzene rings is 1. The van der Waals surface area contributed by atoms with Gasteiger partial charge in [-0.25, -0.2) is 0 Å². The molecule has 0 aliphatic heterocycles. The van der Waals surface area contributed by atoms with Crippen molar-refractivity contribution in [3.05, 3.63) is 46.0 Å². The highest BCUT2D eigenvalue weighted by atomic mass is 79.9. The highest BCUT2D eigenvalue weighted by Gasteiger charge is 2.16. The summed E-state index contributed by atoms with van der Waals surface area (Å²) in [6.45, 7) is 2.24. The molecular formula is C15H17BrO. The molecule has 0 saturated heterocycles. The Bertz CT molecular complexity index is 448. The van der Waals surface area contributed by atoms with Crippen LogP contribution in [0, 0.1) is 5.92 Å². The van der Waals surface area contributed by atoms with E-state index in [0.29, 0.717) is 6.42 Å². The number of allylic oxidation sites excluding steroid dienone is 2. The maximum Gasteiger partial charge on any atom is 0.162 e. The molecule has 1 aromatic carbocycles. The van der Waals surface area contributed by atoms with Crippen LogP contribution < -0.4 is 0 Å². The summed E-state index contributed by atoms with van der Waals surface area (Å²) in [5.41, 5.74) is 2.12. The number of halogens is 1. The van der Waals surface area contributed by atoms with E-state index < -0.39 is 0 Å². The lowest BCUT2D eigenvalue weighted by Gasteiger charge is -2.17. The maximum absolute atomic E-state index is 12.1. The Balaban J connectivity index is 2.02. The number of hydrogen-bond donors (Lipinski definition) is 0. The summed E-state index contributed by atoms with van der Waals surface area (Å²) in [5, 5.41) is 0. The van der Waals surface area contributed by atoms with E-state index >= 15 is 0 Å². The summed E-state index contributed by atoms with van der Waals surface area (Å²) in [6, 6.07) is 7.98. The summed E-state index contributed by atoms with van der Waals surface area (Å²) in [4.78, 5) is 12.1. The van der Waals surface area contributed by atoms with E-state index in [1.54, 1.807) is 0 Å². The molecule has 2 rings (SSSR count). The van der Waals surface area contributed by atoms with Crippen LogP contribution in [0.15, 0.2) is 40.4 Å². The molecule has 17 heavy (non-hydrogen) atoms. The highest BCUT2D eigenvalue weighted by Crippen LogP contribution is 2.24. The van der Waals surface area contributed by atoms with Crippen molar-refractivity contribution in [3.63, 3.8) is 0 Å². The molecule has 0 heterocycles. The van der Waals surface area contributed by atoms with Gasteiger partial charge < -0.3 is 0 Å². The monoisotopic (exact) mass is 292 g/mol. The molecule has 0 aromatic heterocycles. The van der Waals surface area contributed by atoms with Gasteiger partial charge in [0.15, 0.2) is 5.78 Å². The van der Waals surface area contributed by atoms with Crippen molar-refractivity contribution in [2.45, 2.75) is 32.6 Å². The zero-order chi connectivity index (χ0) is 12.3. The first-order valence-electron chi connectivity index (χ1n) is 6.12. The molecule has 1 aliphatic rings. The topological polar surface area (TPSA) is 17.1 Å². The first kappa shape index (κ1) is 12.6. The van der Waals surface area contributed by atoms with Crippen LogP contribution >= 0.6 is 15.9 Å². The molecule has 1 unspecified atom stereocenters. The third-order valence-corrected chi connectivity index (χ3v) is 3.78. The predicted molar refractivity (Wildman–Crippen MR) is 74.0 cm³/mol. The Kier molecular flexibility index (Phi) is 4.16. The van der Waals surface area contributed by atoms with Gasteiger partial charge in [-0.2, -0.15) is 0 Å². The van der Waals surface area contributed by atoms with Crippen LogP contribution in [0.5, 0.6) is 0 Å². The Hall–Kier alpha value is -0.890. The molecular weight excluding hydrogens is 276 g/mol. The first-order valence-corrected chi connectivity index (χ1v) is 6.91. The molecule has 0 radical (unpaired) electrons. The molecule has 0 spiro atoms. The van der Waals surface area contributed by atoms with Crippen molar-refractivity contribution in [3.8, 4) is 0 Å². The summed E-state index contributed by atoms with van der Waals surface area (Å²) in [5.74, 6) is 1.02. The van der Waals surface area contributed by atoms with Crippen molar-refractivity contribution in [1.29, 1.82) is 0 Å². The number of rotatable bonds is 3. The van der Waals surface area contributed by atoms with Gasteiger partial charge in [0, 0.05) is 10.9 Å². The fourth-order valence-electron chi connectivity index (χ4n) is 2.16. The molecule has 0 saturated carbocycles. The predicted octanol–water partition coefficient (Wildman–Crippen LogP) is 4.31. The average molecular weight is 293 g/mol. The number of ketones is 1. The lowest BCUT2D eigenvalue weighted by Crippen LogP contribution is -2.11. The van der Waals surface area contributed by atoms with Crippen molar-refractivity contribution in [2.75, 3.05) is 0 Å². The van der Waals surface area contributed by atoms with Crippen LogP contribution in [-0.4, -0.2) is 5.78 Å². The second-order valence-corrected chi connectivity index (χ2v) is 5.75. The minimum absolute atomic E-state index is 0.287. The Morgan fingerprint density at radius 1 is 1.47 bits per heavy atom. The first-order chi connectivity index (χ1) is 8.15. The van der Waals surface area contributed by atoms with Crippen LogP contribution in [0.4, 0.5) is 0 Å². The van der Waals surface area contributed by atoms with Gasteiger partial charge in [0.1, 0.15) is 0 Å². The van der Waals surface area contributed by atoms with E-state index in [0.717, 1.165) is 40.8 Å². The third-order valence-electron chi connectivity index (χ3n) is 3.28. The van der Waals surface area contributed by atoms with Crippen LogP contribution in [0.25, 0.3) is 0 Å². The Morgan fingerprint density at radius 2 is 2.29 bits per heavy atom. The van der Waals surface area contributed by atoms with Gasteiger partial charge in [0.25, 0.3) is 0 Å². The largest absolute Gasteiger partial charge is 0.294 e. The van der Waals surface area contributed by atoms with Crippen LogP contribution in [-0.2, 0) is 11.2 Å². The fraction of sp³-hybridized carbons (Fsp3) is 0.400. The molecule has 0 amide bonds. The van der Waals surface area contributed by atoms with E-state index in [1.807, 2.05) is 24.3 Å². The quantitative estimate of drug-likeness (QED) is 0.811. The van der Waals surface area contributed by atoms with Gasteiger partial charge >= 0.3 is 0 Å². The maximum atomic E-state index is 12.1. The Labute approximate surface area is 111 Å². The van der Waals surface area contributed by atoms with E-state index in [1.165, 1.54) is 0 Å².